The van der Waals surface area contributed by atoms with Crippen molar-refractivity contribution in [2.24, 2.45) is 22.9 Å². The standard InChI is InChI=1S/C21H44N2O/c1-8-14-24-22-13-12-18(5)15-21(11-4)17-23(7)19(6)16-20(9-2)10-3/h13,18-21H,8-12,14-17H2,1-7H3/b22-13-/t18-,19+,21-/m1/s1. The summed E-state index contributed by atoms with van der Waals surface area (Å²) in [6, 6.07) is 0.684. The lowest BCUT2D eigenvalue weighted by atomic mass is 9.90. The summed E-state index contributed by atoms with van der Waals surface area (Å²) < 4.78 is 0. The number of nitrogens with zero attached hydrogens (tertiary/aromatic N) is 2. The van der Waals surface area contributed by atoms with Crippen molar-refractivity contribution in [3.63, 3.8) is 0 Å². The van der Waals surface area contributed by atoms with Gasteiger partial charge in [0.1, 0.15) is 6.61 Å². The van der Waals surface area contributed by atoms with Gasteiger partial charge in [0.05, 0.1) is 0 Å². The molecule has 0 aromatic heterocycles. The SMILES string of the molecule is CCCO/N=C\C[C@@H](C)C[C@@H](CC)CN(C)[C@@H](C)CC(CC)CC. The van der Waals surface area contributed by atoms with E-state index in [0.717, 1.165) is 31.3 Å². The van der Waals surface area contributed by atoms with Crippen LogP contribution < -0.4 is 0 Å². The maximum Gasteiger partial charge on any atom is 0.116 e. The van der Waals surface area contributed by atoms with E-state index >= 15 is 0 Å². The van der Waals surface area contributed by atoms with Crippen LogP contribution in [0, 0.1) is 17.8 Å². The lowest BCUT2D eigenvalue weighted by Crippen LogP contribution is -2.35. The molecule has 0 aliphatic rings. The van der Waals surface area contributed by atoms with E-state index in [4.69, 9.17) is 4.84 Å². The van der Waals surface area contributed by atoms with Crippen molar-refractivity contribution in [3.05, 3.63) is 0 Å². The first kappa shape index (κ1) is 23.4. The van der Waals surface area contributed by atoms with Crippen molar-refractivity contribution in [2.75, 3.05) is 20.2 Å². The summed E-state index contributed by atoms with van der Waals surface area (Å²) in [5.41, 5.74) is 0. The van der Waals surface area contributed by atoms with Crippen LogP contribution >= 0.6 is 0 Å². The summed E-state index contributed by atoms with van der Waals surface area (Å²) in [4.78, 5) is 7.76. The molecule has 3 atom stereocenters. The zero-order valence-corrected chi connectivity index (χ0v) is 17.6. The summed E-state index contributed by atoms with van der Waals surface area (Å²) in [5.74, 6) is 2.33. The summed E-state index contributed by atoms with van der Waals surface area (Å²) >= 11 is 0. The maximum absolute atomic E-state index is 5.18. The van der Waals surface area contributed by atoms with E-state index in [1.165, 1.54) is 38.6 Å². The number of hydrogen-bond donors (Lipinski definition) is 0. The summed E-state index contributed by atoms with van der Waals surface area (Å²) in [6.45, 7) is 15.7. The largest absolute Gasteiger partial charge is 0.396 e. The van der Waals surface area contributed by atoms with Crippen molar-refractivity contribution in [2.45, 2.75) is 92.5 Å². The molecule has 0 radical (unpaired) electrons. The molecule has 0 aliphatic carbocycles. The molecule has 0 saturated carbocycles. The van der Waals surface area contributed by atoms with Gasteiger partial charge in [-0.2, -0.15) is 0 Å². The molecule has 0 spiro atoms. The lowest BCUT2D eigenvalue weighted by molar-refractivity contribution is 0.145. The molecule has 3 nitrogen and oxygen atoms in total. The minimum atomic E-state index is 0.673. The molecular weight excluding hydrogens is 296 g/mol. The Labute approximate surface area is 152 Å². The van der Waals surface area contributed by atoms with Gasteiger partial charge in [-0.1, -0.05) is 59.0 Å². The van der Waals surface area contributed by atoms with E-state index in [2.05, 4.69) is 58.6 Å². The van der Waals surface area contributed by atoms with Crippen molar-refractivity contribution in [1.82, 2.24) is 4.90 Å². The highest BCUT2D eigenvalue weighted by Gasteiger charge is 2.18. The number of hydrogen-bond acceptors (Lipinski definition) is 3. The molecule has 0 unspecified atom stereocenters. The van der Waals surface area contributed by atoms with Crippen molar-refractivity contribution in [3.8, 4) is 0 Å². The summed E-state index contributed by atoms with van der Waals surface area (Å²) in [5, 5.41) is 4.04. The van der Waals surface area contributed by atoms with Crippen LogP contribution in [-0.2, 0) is 4.84 Å². The fraction of sp³-hybridized carbons (Fsp3) is 0.952. The van der Waals surface area contributed by atoms with Gasteiger partial charge in [-0.15, -0.1) is 0 Å². The van der Waals surface area contributed by atoms with Crippen LogP contribution in [0.1, 0.15) is 86.5 Å². The maximum atomic E-state index is 5.18. The molecule has 0 rings (SSSR count). The van der Waals surface area contributed by atoms with Crippen LogP contribution in [0.5, 0.6) is 0 Å². The fourth-order valence-corrected chi connectivity index (χ4v) is 3.33. The van der Waals surface area contributed by atoms with Gasteiger partial charge in [0, 0.05) is 18.8 Å². The van der Waals surface area contributed by atoms with E-state index in [1.54, 1.807) is 0 Å². The fourth-order valence-electron chi connectivity index (χ4n) is 3.33. The molecule has 0 N–H and O–H groups in total. The first-order valence-electron chi connectivity index (χ1n) is 10.3. The molecule has 144 valence electrons. The Morgan fingerprint density at radius 1 is 0.958 bits per heavy atom. The second-order valence-corrected chi connectivity index (χ2v) is 7.68. The van der Waals surface area contributed by atoms with Gasteiger partial charge in [0.25, 0.3) is 0 Å². The van der Waals surface area contributed by atoms with E-state index in [9.17, 15) is 0 Å². The van der Waals surface area contributed by atoms with Crippen LogP contribution in [0.25, 0.3) is 0 Å². The molecular formula is C21H44N2O. The number of oxime groups is 1. The third-order valence-electron chi connectivity index (χ3n) is 5.39. The van der Waals surface area contributed by atoms with Gasteiger partial charge in [-0.25, -0.2) is 0 Å². The molecule has 0 amide bonds. The van der Waals surface area contributed by atoms with Gasteiger partial charge in [0.2, 0.25) is 0 Å². The van der Waals surface area contributed by atoms with Crippen LogP contribution in [0.15, 0.2) is 5.16 Å². The third-order valence-corrected chi connectivity index (χ3v) is 5.39. The normalized spacial score (nSPS) is 16.0. The first-order chi connectivity index (χ1) is 11.5. The minimum absolute atomic E-state index is 0.673. The average molecular weight is 341 g/mol. The molecule has 24 heavy (non-hydrogen) atoms. The predicted octanol–water partition coefficient (Wildman–Crippen LogP) is 5.99. The van der Waals surface area contributed by atoms with E-state index in [1.807, 2.05) is 6.21 Å². The lowest BCUT2D eigenvalue weighted by Gasteiger charge is -2.31. The Morgan fingerprint density at radius 2 is 1.58 bits per heavy atom. The molecule has 0 saturated heterocycles. The van der Waals surface area contributed by atoms with E-state index in [0.29, 0.717) is 12.0 Å². The Bertz CT molecular complexity index is 302. The van der Waals surface area contributed by atoms with Crippen LogP contribution in [-0.4, -0.2) is 37.4 Å². The van der Waals surface area contributed by atoms with Gasteiger partial charge >= 0.3 is 0 Å². The van der Waals surface area contributed by atoms with Crippen LogP contribution in [0.3, 0.4) is 0 Å². The van der Waals surface area contributed by atoms with Gasteiger partial charge in [0.15, 0.2) is 0 Å². The molecule has 0 bridgehead atoms. The monoisotopic (exact) mass is 340 g/mol. The Hall–Kier alpha value is -0.570. The highest BCUT2D eigenvalue weighted by molar-refractivity contribution is 5.56. The minimum Gasteiger partial charge on any atom is -0.396 e. The number of rotatable bonds is 15. The summed E-state index contributed by atoms with van der Waals surface area (Å²) in [6.07, 6.45) is 10.5. The van der Waals surface area contributed by atoms with Gasteiger partial charge in [-0.05, 0) is 57.4 Å². The Morgan fingerprint density at radius 3 is 2.12 bits per heavy atom. The third kappa shape index (κ3) is 11.1. The van der Waals surface area contributed by atoms with Gasteiger partial charge in [-0.3, -0.25) is 0 Å². The molecule has 0 aromatic carbocycles. The highest BCUT2D eigenvalue weighted by Crippen LogP contribution is 2.22. The topological polar surface area (TPSA) is 24.8 Å². The molecule has 3 heteroatoms. The smallest absolute Gasteiger partial charge is 0.116 e. The Balaban J connectivity index is 4.21. The quantitative estimate of drug-likeness (QED) is 0.208. The zero-order chi connectivity index (χ0) is 18.4. The van der Waals surface area contributed by atoms with Crippen molar-refractivity contribution >= 4 is 6.21 Å². The van der Waals surface area contributed by atoms with Crippen LogP contribution in [0.4, 0.5) is 0 Å². The highest BCUT2D eigenvalue weighted by atomic mass is 16.6. The molecule has 0 aromatic rings. The second-order valence-electron chi connectivity index (χ2n) is 7.68. The Kier molecular flexibility index (Phi) is 14.4. The second kappa shape index (κ2) is 14.7. The summed E-state index contributed by atoms with van der Waals surface area (Å²) in [7, 11) is 2.31. The van der Waals surface area contributed by atoms with E-state index in [-0.39, 0.29) is 0 Å². The van der Waals surface area contributed by atoms with Crippen molar-refractivity contribution < 1.29 is 4.84 Å². The van der Waals surface area contributed by atoms with E-state index < -0.39 is 0 Å². The first-order valence-corrected chi connectivity index (χ1v) is 10.3. The van der Waals surface area contributed by atoms with Gasteiger partial charge < -0.3 is 9.74 Å². The molecule has 0 fully saturated rings. The molecule has 0 heterocycles. The molecule has 0 aliphatic heterocycles. The predicted molar refractivity (Wildman–Crippen MR) is 108 cm³/mol. The van der Waals surface area contributed by atoms with Crippen molar-refractivity contribution in [1.29, 1.82) is 0 Å². The van der Waals surface area contributed by atoms with Crippen LogP contribution in [0.2, 0.25) is 0 Å². The average Bonchev–Trinajstić information content (AvgIpc) is 2.58. The zero-order valence-electron chi connectivity index (χ0n) is 17.6.